The minimum Gasteiger partial charge on any atom is -0.392 e. The van der Waals surface area contributed by atoms with Crippen LogP contribution in [-0.2, 0) is 17.9 Å². The number of halogens is 1. The highest BCUT2D eigenvalue weighted by Crippen LogP contribution is 2.08. The van der Waals surface area contributed by atoms with Crippen LogP contribution in [0.5, 0.6) is 0 Å². The van der Waals surface area contributed by atoms with Gasteiger partial charge in [0.2, 0.25) is 0 Å². The van der Waals surface area contributed by atoms with Crippen LogP contribution < -0.4 is 0 Å². The molecule has 1 aliphatic rings. The van der Waals surface area contributed by atoms with E-state index in [1.165, 1.54) is 5.56 Å². The molecule has 0 unspecified atom stereocenters. The molecule has 0 spiro atoms. The fraction of sp³-hybridized carbons (Fsp3) is 0.500. The molecule has 0 saturated carbocycles. The summed E-state index contributed by atoms with van der Waals surface area (Å²) in [5.74, 6) is 0. The Hall–Kier alpha value is -0.610. The smallest absolute Gasteiger partial charge is 0.0681 e. The van der Waals surface area contributed by atoms with E-state index in [-0.39, 0.29) is 19.0 Å². The lowest BCUT2D eigenvalue weighted by Gasteiger charge is -2.26. The van der Waals surface area contributed by atoms with Gasteiger partial charge in [0.05, 0.1) is 19.8 Å². The van der Waals surface area contributed by atoms with Crippen LogP contribution in [0.1, 0.15) is 11.1 Å². The molecule has 1 aliphatic heterocycles. The molecule has 0 atom stereocenters. The Labute approximate surface area is 102 Å². The zero-order valence-corrected chi connectivity index (χ0v) is 10.1. The maximum absolute atomic E-state index is 8.92. The Morgan fingerprint density at radius 3 is 2.19 bits per heavy atom. The Balaban J connectivity index is 0.00000128. The zero-order valence-electron chi connectivity index (χ0n) is 9.26. The van der Waals surface area contributed by atoms with Gasteiger partial charge in [-0.15, -0.1) is 12.4 Å². The van der Waals surface area contributed by atoms with Crippen molar-refractivity contribution < 1.29 is 9.84 Å². The molecule has 1 N–H and O–H groups in total. The second-order valence-corrected chi connectivity index (χ2v) is 3.86. The van der Waals surface area contributed by atoms with Gasteiger partial charge in [0, 0.05) is 19.6 Å². The third kappa shape index (κ3) is 3.76. The van der Waals surface area contributed by atoms with Crippen LogP contribution in [-0.4, -0.2) is 36.3 Å². The van der Waals surface area contributed by atoms with Crippen LogP contribution in [0.25, 0.3) is 0 Å². The number of nitrogens with zero attached hydrogens (tertiary/aromatic N) is 1. The summed E-state index contributed by atoms with van der Waals surface area (Å²) in [6.45, 7) is 4.82. The van der Waals surface area contributed by atoms with Crippen molar-refractivity contribution in [2.45, 2.75) is 13.2 Å². The van der Waals surface area contributed by atoms with E-state index in [1.807, 2.05) is 12.1 Å². The lowest BCUT2D eigenvalue weighted by molar-refractivity contribution is 0.0342. The lowest BCUT2D eigenvalue weighted by Crippen LogP contribution is -2.35. The number of hydrogen-bond donors (Lipinski definition) is 1. The average Bonchev–Trinajstić information content (AvgIpc) is 2.31. The summed E-state index contributed by atoms with van der Waals surface area (Å²) in [5.41, 5.74) is 2.27. The molecule has 1 aromatic rings. The number of aliphatic hydroxyl groups excluding tert-OH is 1. The normalized spacial score (nSPS) is 16.8. The lowest BCUT2D eigenvalue weighted by atomic mass is 10.1. The van der Waals surface area contributed by atoms with Gasteiger partial charge in [0.1, 0.15) is 0 Å². The van der Waals surface area contributed by atoms with E-state index in [2.05, 4.69) is 17.0 Å². The van der Waals surface area contributed by atoms with Crippen molar-refractivity contribution in [1.29, 1.82) is 0 Å². The second-order valence-electron chi connectivity index (χ2n) is 3.86. The first-order valence-electron chi connectivity index (χ1n) is 5.37. The molecule has 0 radical (unpaired) electrons. The van der Waals surface area contributed by atoms with E-state index < -0.39 is 0 Å². The molecule has 1 saturated heterocycles. The quantitative estimate of drug-likeness (QED) is 0.872. The molecule has 2 rings (SSSR count). The summed E-state index contributed by atoms with van der Waals surface area (Å²) in [5, 5.41) is 8.92. The van der Waals surface area contributed by atoms with Crippen molar-refractivity contribution in [3.63, 3.8) is 0 Å². The van der Waals surface area contributed by atoms with Crippen LogP contribution in [0.15, 0.2) is 24.3 Å². The van der Waals surface area contributed by atoms with E-state index in [4.69, 9.17) is 9.84 Å². The Morgan fingerprint density at radius 1 is 1.06 bits per heavy atom. The van der Waals surface area contributed by atoms with Gasteiger partial charge in [-0.25, -0.2) is 0 Å². The third-order valence-corrected chi connectivity index (χ3v) is 2.72. The van der Waals surface area contributed by atoms with Crippen molar-refractivity contribution in [1.82, 2.24) is 4.90 Å². The number of hydrogen-bond acceptors (Lipinski definition) is 3. The summed E-state index contributed by atoms with van der Waals surface area (Å²) in [6.07, 6.45) is 0. The molecule has 1 fully saturated rings. The Bertz CT molecular complexity index is 296. The average molecular weight is 244 g/mol. The molecule has 3 nitrogen and oxygen atoms in total. The highest BCUT2D eigenvalue weighted by molar-refractivity contribution is 5.85. The van der Waals surface area contributed by atoms with Crippen LogP contribution >= 0.6 is 12.4 Å². The highest BCUT2D eigenvalue weighted by Gasteiger charge is 2.10. The van der Waals surface area contributed by atoms with Gasteiger partial charge in [-0.2, -0.15) is 0 Å². The van der Waals surface area contributed by atoms with Crippen LogP contribution in [0.3, 0.4) is 0 Å². The van der Waals surface area contributed by atoms with Gasteiger partial charge < -0.3 is 9.84 Å². The number of morpholine rings is 1. The maximum atomic E-state index is 8.92. The minimum atomic E-state index is 0. The molecule has 4 heteroatoms. The van der Waals surface area contributed by atoms with E-state index in [0.29, 0.717) is 0 Å². The molecule has 0 amide bonds. The predicted octanol–water partition coefficient (Wildman–Crippen LogP) is 1.43. The van der Waals surface area contributed by atoms with Crippen molar-refractivity contribution in [3.05, 3.63) is 35.4 Å². The molecule has 0 aliphatic carbocycles. The van der Waals surface area contributed by atoms with Gasteiger partial charge in [-0.3, -0.25) is 4.90 Å². The zero-order chi connectivity index (χ0) is 10.5. The Morgan fingerprint density at radius 2 is 1.62 bits per heavy atom. The standard InChI is InChI=1S/C12H17NO2.ClH/c14-10-12-3-1-11(2-4-12)9-13-5-7-15-8-6-13;/h1-4,14H,5-10H2;1H. The molecule has 0 bridgehead atoms. The van der Waals surface area contributed by atoms with Gasteiger partial charge in [0.15, 0.2) is 0 Å². The predicted molar refractivity (Wildman–Crippen MR) is 65.7 cm³/mol. The van der Waals surface area contributed by atoms with E-state index in [1.54, 1.807) is 0 Å². The van der Waals surface area contributed by atoms with Crippen molar-refractivity contribution in [2.75, 3.05) is 26.3 Å². The molecule has 1 heterocycles. The van der Waals surface area contributed by atoms with E-state index in [9.17, 15) is 0 Å². The first-order chi connectivity index (χ1) is 7.38. The van der Waals surface area contributed by atoms with Gasteiger partial charge >= 0.3 is 0 Å². The molecule has 1 aromatic carbocycles. The van der Waals surface area contributed by atoms with Gasteiger partial charge in [-0.1, -0.05) is 24.3 Å². The molecule has 0 aromatic heterocycles. The van der Waals surface area contributed by atoms with Crippen LogP contribution in [0.2, 0.25) is 0 Å². The summed E-state index contributed by atoms with van der Waals surface area (Å²) >= 11 is 0. The third-order valence-electron chi connectivity index (χ3n) is 2.72. The molecular weight excluding hydrogens is 226 g/mol. The first-order valence-corrected chi connectivity index (χ1v) is 5.37. The highest BCUT2D eigenvalue weighted by atomic mass is 35.5. The van der Waals surface area contributed by atoms with E-state index >= 15 is 0 Å². The van der Waals surface area contributed by atoms with Crippen molar-refractivity contribution in [2.24, 2.45) is 0 Å². The van der Waals surface area contributed by atoms with Gasteiger partial charge in [0.25, 0.3) is 0 Å². The van der Waals surface area contributed by atoms with Gasteiger partial charge in [-0.05, 0) is 11.1 Å². The summed E-state index contributed by atoms with van der Waals surface area (Å²) in [7, 11) is 0. The Kier molecular flexibility index (Phi) is 5.77. The number of aliphatic hydroxyl groups is 1. The molecular formula is C12H18ClNO2. The fourth-order valence-electron chi connectivity index (χ4n) is 1.77. The summed E-state index contributed by atoms with van der Waals surface area (Å²) in [4.78, 5) is 2.39. The molecule has 90 valence electrons. The number of rotatable bonds is 3. The molecule has 16 heavy (non-hydrogen) atoms. The number of ether oxygens (including phenoxy) is 1. The maximum Gasteiger partial charge on any atom is 0.0681 e. The largest absolute Gasteiger partial charge is 0.392 e. The van der Waals surface area contributed by atoms with Crippen molar-refractivity contribution in [3.8, 4) is 0 Å². The number of benzene rings is 1. The first kappa shape index (κ1) is 13.5. The van der Waals surface area contributed by atoms with Crippen molar-refractivity contribution >= 4 is 12.4 Å². The minimum absolute atomic E-state index is 0. The van der Waals surface area contributed by atoms with E-state index in [0.717, 1.165) is 38.4 Å². The topological polar surface area (TPSA) is 32.7 Å². The summed E-state index contributed by atoms with van der Waals surface area (Å²) < 4.78 is 5.30. The monoisotopic (exact) mass is 243 g/mol. The second kappa shape index (κ2) is 6.86. The SMILES string of the molecule is Cl.OCc1ccc(CN2CCOCC2)cc1. The van der Waals surface area contributed by atoms with Crippen LogP contribution in [0.4, 0.5) is 0 Å². The summed E-state index contributed by atoms with van der Waals surface area (Å²) in [6, 6.07) is 8.13. The van der Waals surface area contributed by atoms with Crippen LogP contribution in [0, 0.1) is 0 Å². The fourth-order valence-corrected chi connectivity index (χ4v) is 1.77.